The van der Waals surface area contributed by atoms with Crippen molar-refractivity contribution in [2.75, 3.05) is 7.05 Å². The molecular weight excluding hydrogens is 220 g/mol. The van der Waals surface area contributed by atoms with Crippen LogP contribution in [0.15, 0.2) is 18.2 Å². The van der Waals surface area contributed by atoms with E-state index < -0.39 is 11.6 Å². The topological polar surface area (TPSA) is 12.0 Å². The number of nitrogens with one attached hydrogen (secondary N) is 1. The minimum absolute atomic E-state index is 0.122. The molecule has 0 saturated carbocycles. The lowest BCUT2D eigenvalue weighted by atomic mass is 9.89. The molecule has 1 atom stereocenters. The van der Waals surface area contributed by atoms with Crippen molar-refractivity contribution in [2.45, 2.75) is 39.2 Å². The summed E-state index contributed by atoms with van der Waals surface area (Å²) in [6, 6.07) is 4.16. The molecule has 1 unspecified atom stereocenters. The largest absolute Gasteiger partial charge is 0.316 e. The van der Waals surface area contributed by atoms with Gasteiger partial charge in [-0.3, -0.25) is 0 Å². The molecule has 0 aromatic heterocycles. The molecule has 1 aromatic rings. The summed E-state index contributed by atoms with van der Waals surface area (Å²) in [5.41, 5.74) is 0.193. The summed E-state index contributed by atoms with van der Waals surface area (Å²) in [6.07, 6.45) is 2.43. The van der Waals surface area contributed by atoms with E-state index in [1.165, 1.54) is 18.2 Å². The van der Waals surface area contributed by atoms with Gasteiger partial charge in [-0.1, -0.05) is 32.8 Å². The molecule has 1 rings (SSSR count). The monoisotopic (exact) mass is 241 g/mol. The van der Waals surface area contributed by atoms with Gasteiger partial charge in [0.1, 0.15) is 11.6 Å². The second-order valence-corrected chi connectivity index (χ2v) is 4.38. The van der Waals surface area contributed by atoms with Crippen molar-refractivity contribution in [1.29, 1.82) is 0 Å². The molecule has 17 heavy (non-hydrogen) atoms. The third-order valence-electron chi connectivity index (χ3n) is 3.47. The van der Waals surface area contributed by atoms with Crippen LogP contribution in [0.5, 0.6) is 0 Å². The van der Waals surface area contributed by atoms with E-state index in [4.69, 9.17) is 0 Å². The molecule has 0 fully saturated rings. The van der Waals surface area contributed by atoms with Gasteiger partial charge in [0, 0.05) is 11.6 Å². The molecule has 0 aliphatic rings. The fourth-order valence-corrected chi connectivity index (χ4v) is 2.31. The zero-order chi connectivity index (χ0) is 12.8. The maximum Gasteiger partial charge on any atom is 0.129 e. The van der Waals surface area contributed by atoms with E-state index in [1.54, 1.807) is 0 Å². The number of hydrogen-bond donors (Lipinski definition) is 1. The highest BCUT2D eigenvalue weighted by atomic mass is 19.1. The first-order valence-electron chi connectivity index (χ1n) is 6.24. The lowest BCUT2D eigenvalue weighted by molar-refractivity contribution is 0.342. The highest BCUT2D eigenvalue weighted by Gasteiger charge is 2.20. The Morgan fingerprint density at radius 2 is 1.65 bits per heavy atom. The Labute approximate surface area is 102 Å². The van der Waals surface area contributed by atoms with Crippen LogP contribution >= 0.6 is 0 Å². The maximum atomic E-state index is 13.6. The zero-order valence-electron chi connectivity index (χ0n) is 10.8. The second-order valence-electron chi connectivity index (χ2n) is 4.38. The van der Waals surface area contributed by atoms with Crippen LogP contribution in [0.3, 0.4) is 0 Å². The predicted molar refractivity (Wildman–Crippen MR) is 67.0 cm³/mol. The van der Waals surface area contributed by atoms with Crippen molar-refractivity contribution in [3.05, 3.63) is 35.4 Å². The highest BCUT2D eigenvalue weighted by Crippen LogP contribution is 2.20. The highest BCUT2D eigenvalue weighted by molar-refractivity contribution is 5.20. The van der Waals surface area contributed by atoms with E-state index in [0.717, 1.165) is 12.8 Å². The number of likely N-dealkylation sites (N-methyl/N-ethyl adjacent to an activating group) is 1. The lowest BCUT2D eigenvalue weighted by Crippen LogP contribution is -2.35. The number of rotatable bonds is 6. The first-order valence-corrected chi connectivity index (χ1v) is 6.24. The molecule has 0 heterocycles. The van der Waals surface area contributed by atoms with E-state index in [2.05, 4.69) is 19.2 Å². The molecule has 1 nitrogen and oxygen atoms in total. The summed E-state index contributed by atoms with van der Waals surface area (Å²) in [5, 5.41) is 3.17. The van der Waals surface area contributed by atoms with Gasteiger partial charge in [0.15, 0.2) is 0 Å². The van der Waals surface area contributed by atoms with Crippen LogP contribution in [0, 0.1) is 17.6 Å². The number of hydrogen-bond acceptors (Lipinski definition) is 1. The maximum absolute atomic E-state index is 13.6. The standard InChI is InChI=1S/C14H21F2N/c1-4-10(5-2)14(17-3)9-11-12(15)7-6-8-13(11)16/h6-8,10,14,17H,4-5,9H2,1-3H3. The van der Waals surface area contributed by atoms with Crippen molar-refractivity contribution < 1.29 is 8.78 Å². The van der Waals surface area contributed by atoms with Crippen LogP contribution in [-0.2, 0) is 6.42 Å². The van der Waals surface area contributed by atoms with Gasteiger partial charge in [-0.2, -0.15) is 0 Å². The van der Waals surface area contributed by atoms with Crippen LogP contribution in [0.4, 0.5) is 8.78 Å². The number of benzene rings is 1. The van der Waals surface area contributed by atoms with E-state index >= 15 is 0 Å². The normalized spacial score (nSPS) is 13.1. The van der Waals surface area contributed by atoms with Crippen LogP contribution in [-0.4, -0.2) is 13.1 Å². The van der Waals surface area contributed by atoms with Crippen LogP contribution in [0.25, 0.3) is 0 Å². The lowest BCUT2D eigenvalue weighted by Gasteiger charge is -2.25. The SMILES string of the molecule is CCC(CC)C(Cc1c(F)cccc1F)NC. The van der Waals surface area contributed by atoms with Crippen molar-refractivity contribution in [3.63, 3.8) is 0 Å². The minimum atomic E-state index is -0.448. The minimum Gasteiger partial charge on any atom is -0.316 e. The Morgan fingerprint density at radius 3 is 2.06 bits per heavy atom. The molecule has 96 valence electrons. The molecular formula is C14H21F2N. The van der Waals surface area contributed by atoms with Crippen LogP contribution in [0.1, 0.15) is 32.3 Å². The molecule has 1 N–H and O–H groups in total. The van der Waals surface area contributed by atoms with Gasteiger partial charge in [0.25, 0.3) is 0 Å². The third-order valence-corrected chi connectivity index (χ3v) is 3.47. The Kier molecular flexibility index (Phi) is 5.56. The van der Waals surface area contributed by atoms with Crippen LogP contribution < -0.4 is 5.32 Å². The van der Waals surface area contributed by atoms with E-state index in [1.807, 2.05) is 7.05 Å². The number of halogens is 2. The fraction of sp³-hybridized carbons (Fsp3) is 0.571. The molecule has 1 aromatic carbocycles. The second kappa shape index (κ2) is 6.70. The molecule has 3 heteroatoms. The van der Waals surface area contributed by atoms with Gasteiger partial charge in [-0.25, -0.2) is 8.78 Å². The van der Waals surface area contributed by atoms with Crippen molar-refractivity contribution in [2.24, 2.45) is 5.92 Å². The summed E-state index contributed by atoms with van der Waals surface area (Å²) in [7, 11) is 1.85. The van der Waals surface area contributed by atoms with Gasteiger partial charge in [-0.05, 0) is 31.5 Å². The molecule has 0 bridgehead atoms. The Hall–Kier alpha value is -0.960. The van der Waals surface area contributed by atoms with Gasteiger partial charge >= 0.3 is 0 Å². The zero-order valence-corrected chi connectivity index (χ0v) is 10.8. The molecule has 0 aliphatic heterocycles. The van der Waals surface area contributed by atoms with Crippen molar-refractivity contribution >= 4 is 0 Å². The molecule has 0 amide bonds. The quantitative estimate of drug-likeness (QED) is 0.803. The van der Waals surface area contributed by atoms with E-state index in [9.17, 15) is 8.78 Å². The molecule has 0 saturated heterocycles. The summed E-state index contributed by atoms with van der Waals surface area (Å²) < 4.78 is 27.1. The van der Waals surface area contributed by atoms with Gasteiger partial charge in [-0.15, -0.1) is 0 Å². The summed E-state index contributed by atoms with van der Waals surface area (Å²) in [5.74, 6) is -0.452. The van der Waals surface area contributed by atoms with Crippen molar-refractivity contribution in [1.82, 2.24) is 5.32 Å². The van der Waals surface area contributed by atoms with E-state index in [-0.39, 0.29) is 11.6 Å². The Morgan fingerprint density at radius 1 is 1.12 bits per heavy atom. The molecule has 0 aliphatic carbocycles. The van der Waals surface area contributed by atoms with Crippen LogP contribution in [0.2, 0.25) is 0 Å². The van der Waals surface area contributed by atoms with Crippen molar-refractivity contribution in [3.8, 4) is 0 Å². The van der Waals surface area contributed by atoms with Gasteiger partial charge in [0.05, 0.1) is 0 Å². The first kappa shape index (κ1) is 14.1. The molecule has 0 radical (unpaired) electrons. The average Bonchev–Trinajstić information content (AvgIpc) is 2.33. The van der Waals surface area contributed by atoms with Gasteiger partial charge < -0.3 is 5.32 Å². The predicted octanol–water partition coefficient (Wildman–Crippen LogP) is 3.53. The first-order chi connectivity index (χ1) is 8.13. The fourth-order valence-electron chi connectivity index (χ4n) is 2.31. The average molecular weight is 241 g/mol. The smallest absolute Gasteiger partial charge is 0.129 e. The third kappa shape index (κ3) is 3.50. The summed E-state index contributed by atoms with van der Waals surface area (Å²) in [4.78, 5) is 0. The summed E-state index contributed by atoms with van der Waals surface area (Å²) >= 11 is 0. The Bertz CT molecular complexity index is 328. The Balaban J connectivity index is 2.87. The molecule has 0 spiro atoms. The van der Waals surface area contributed by atoms with E-state index in [0.29, 0.717) is 12.3 Å². The summed E-state index contributed by atoms with van der Waals surface area (Å²) in [6.45, 7) is 4.21. The van der Waals surface area contributed by atoms with Gasteiger partial charge in [0.2, 0.25) is 0 Å².